The van der Waals surface area contributed by atoms with Gasteiger partial charge in [-0.3, -0.25) is 0 Å². The molecule has 0 unspecified atom stereocenters. The summed E-state index contributed by atoms with van der Waals surface area (Å²) in [5.74, 6) is 0.874. The van der Waals surface area contributed by atoms with Gasteiger partial charge in [-0.2, -0.15) is 0 Å². The van der Waals surface area contributed by atoms with Gasteiger partial charge in [0.15, 0.2) is 0 Å². The Bertz CT molecular complexity index is 424. The van der Waals surface area contributed by atoms with Crippen molar-refractivity contribution < 1.29 is 0 Å². The molecule has 3 heteroatoms. The third-order valence-corrected chi connectivity index (χ3v) is 6.23. The summed E-state index contributed by atoms with van der Waals surface area (Å²) in [6.07, 6.45) is 6.59. The van der Waals surface area contributed by atoms with Crippen LogP contribution >= 0.6 is 22.9 Å². The molecule has 0 spiro atoms. The van der Waals surface area contributed by atoms with Crippen LogP contribution in [0.2, 0.25) is 4.34 Å². The standard InChI is InChI=1S/C17H28ClNS/c1-16(2,3)13-7-9-17(10-8-13,12-19-4)11-14-5-6-15(18)20-14/h5-6,13,19H,7-12H2,1-4H3. The van der Waals surface area contributed by atoms with Crippen molar-refractivity contribution in [3.05, 3.63) is 21.3 Å². The quantitative estimate of drug-likeness (QED) is 0.786. The average Bonchev–Trinajstić information content (AvgIpc) is 2.74. The molecule has 0 amide bonds. The summed E-state index contributed by atoms with van der Waals surface area (Å²) in [5.41, 5.74) is 0.892. The predicted molar refractivity (Wildman–Crippen MR) is 90.8 cm³/mol. The van der Waals surface area contributed by atoms with Crippen molar-refractivity contribution in [2.75, 3.05) is 13.6 Å². The summed E-state index contributed by atoms with van der Waals surface area (Å²) in [7, 11) is 2.08. The van der Waals surface area contributed by atoms with Crippen LogP contribution in [0.25, 0.3) is 0 Å². The maximum absolute atomic E-state index is 6.09. The molecule has 20 heavy (non-hydrogen) atoms. The van der Waals surface area contributed by atoms with Crippen molar-refractivity contribution >= 4 is 22.9 Å². The van der Waals surface area contributed by atoms with Crippen LogP contribution in [0.3, 0.4) is 0 Å². The Hall–Kier alpha value is -0.0500. The number of halogens is 1. The molecule has 0 aromatic carbocycles. The van der Waals surface area contributed by atoms with Crippen LogP contribution in [0.1, 0.15) is 51.3 Å². The van der Waals surface area contributed by atoms with Crippen molar-refractivity contribution in [2.45, 2.75) is 52.9 Å². The van der Waals surface area contributed by atoms with Crippen molar-refractivity contribution in [1.82, 2.24) is 5.32 Å². The van der Waals surface area contributed by atoms with E-state index in [0.717, 1.165) is 16.8 Å². The molecule has 1 aliphatic carbocycles. The fourth-order valence-electron chi connectivity index (χ4n) is 3.70. The summed E-state index contributed by atoms with van der Waals surface area (Å²) in [5, 5.41) is 3.43. The largest absolute Gasteiger partial charge is 0.319 e. The minimum absolute atomic E-state index is 0.435. The Morgan fingerprint density at radius 3 is 2.40 bits per heavy atom. The van der Waals surface area contributed by atoms with Crippen LogP contribution in [-0.2, 0) is 6.42 Å². The number of rotatable bonds is 4. The Balaban J connectivity index is 2.05. The molecule has 0 atom stereocenters. The van der Waals surface area contributed by atoms with E-state index in [1.165, 1.54) is 37.0 Å². The number of thiophene rings is 1. The van der Waals surface area contributed by atoms with E-state index < -0.39 is 0 Å². The first kappa shape index (κ1) is 16.3. The molecule has 1 fully saturated rings. The fourth-order valence-corrected chi connectivity index (χ4v) is 4.96. The molecule has 114 valence electrons. The van der Waals surface area contributed by atoms with Gasteiger partial charge < -0.3 is 5.32 Å². The Kier molecular flexibility index (Phi) is 5.20. The van der Waals surface area contributed by atoms with E-state index >= 15 is 0 Å². The molecule has 0 bridgehead atoms. The van der Waals surface area contributed by atoms with E-state index in [9.17, 15) is 0 Å². The third kappa shape index (κ3) is 3.99. The molecule has 1 heterocycles. The van der Waals surface area contributed by atoms with Crippen LogP contribution in [0.5, 0.6) is 0 Å². The second-order valence-electron chi connectivity index (χ2n) is 7.55. The minimum atomic E-state index is 0.435. The first-order valence-electron chi connectivity index (χ1n) is 7.73. The molecular formula is C17H28ClNS. The zero-order chi connectivity index (χ0) is 14.8. The molecule has 0 saturated heterocycles. The topological polar surface area (TPSA) is 12.0 Å². The maximum Gasteiger partial charge on any atom is 0.0931 e. The van der Waals surface area contributed by atoms with Crippen LogP contribution in [-0.4, -0.2) is 13.6 Å². The van der Waals surface area contributed by atoms with E-state index in [-0.39, 0.29) is 0 Å². The van der Waals surface area contributed by atoms with Gasteiger partial charge in [-0.25, -0.2) is 0 Å². The van der Waals surface area contributed by atoms with Crippen LogP contribution in [0, 0.1) is 16.7 Å². The molecule has 2 rings (SSSR count). The minimum Gasteiger partial charge on any atom is -0.319 e. The summed E-state index contributed by atoms with van der Waals surface area (Å²) in [6.45, 7) is 8.30. The zero-order valence-corrected chi connectivity index (χ0v) is 14.8. The van der Waals surface area contributed by atoms with Crippen molar-refractivity contribution in [3.63, 3.8) is 0 Å². The molecule has 1 aromatic heterocycles. The zero-order valence-electron chi connectivity index (χ0n) is 13.3. The molecule has 1 aromatic rings. The van der Waals surface area contributed by atoms with Gasteiger partial charge in [-0.1, -0.05) is 32.4 Å². The highest BCUT2D eigenvalue weighted by Gasteiger charge is 2.38. The normalized spacial score (nSPS) is 27.8. The van der Waals surface area contributed by atoms with Gasteiger partial charge in [-0.05, 0) is 68.0 Å². The van der Waals surface area contributed by atoms with Gasteiger partial charge in [0.1, 0.15) is 0 Å². The maximum atomic E-state index is 6.09. The number of hydrogen-bond acceptors (Lipinski definition) is 2. The highest BCUT2D eigenvalue weighted by Crippen LogP contribution is 2.47. The molecule has 0 aliphatic heterocycles. The molecule has 1 saturated carbocycles. The molecule has 1 N–H and O–H groups in total. The van der Waals surface area contributed by atoms with E-state index in [0.29, 0.717) is 10.8 Å². The van der Waals surface area contributed by atoms with Crippen LogP contribution in [0.4, 0.5) is 0 Å². The summed E-state index contributed by atoms with van der Waals surface area (Å²) < 4.78 is 0.919. The van der Waals surface area contributed by atoms with Gasteiger partial charge >= 0.3 is 0 Å². The van der Waals surface area contributed by atoms with E-state index in [2.05, 4.69) is 39.2 Å². The molecule has 0 radical (unpaired) electrons. The van der Waals surface area contributed by atoms with Gasteiger partial charge in [0.05, 0.1) is 4.34 Å². The second kappa shape index (κ2) is 6.37. The number of hydrogen-bond donors (Lipinski definition) is 1. The van der Waals surface area contributed by atoms with Gasteiger partial charge in [-0.15, -0.1) is 11.3 Å². The fraction of sp³-hybridized carbons (Fsp3) is 0.765. The SMILES string of the molecule is CNCC1(Cc2ccc(Cl)s2)CCC(C(C)(C)C)CC1. The van der Waals surface area contributed by atoms with Gasteiger partial charge in [0, 0.05) is 11.4 Å². The van der Waals surface area contributed by atoms with E-state index in [4.69, 9.17) is 11.6 Å². The molecule has 1 nitrogen and oxygen atoms in total. The summed E-state index contributed by atoms with van der Waals surface area (Å²) >= 11 is 7.84. The Labute approximate surface area is 133 Å². The number of nitrogens with one attached hydrogen (secondary N) is 1. The van der Waals surface area contributed by atoms with Crippen LogP contribution < -0.4 is 5.32 Å². The highest BCUT2D eigenvalue weighted by molar-refractivity contribution is 7.16. The monoisotopic (exact) mass is 313 g/mol. The van der Waals surface area contributed by atoms with E-state index in [1.807, 2.05) is 6.07 Å². The third-order valence-electron chi connectivity index (χ3n) is 5.00. The highest BCUT2D eigenvalue weighted by atomic mass is 35.5. The van der Waals surface area contributed by atoms with E-state index in [1.54, 1.807) is 11.3 Å². The van der Waals surface area contributed by atoms with Crippen molar-refractivity contribution in [3.8, 4) is 0 Å². The van der Waals surface area contributed by atoms with Crippen LogP contribution in [0.15, 0.2) is 12.1 Å². The molecular weight excluding hydrogens is 286 g/mol. The lowest BCUT2D eigenvalue weighted by Gasteiger charge is -2.44. The van der Waals surface area contributed by atoms with Crippen molar-refractivity contribution in [2.24, 2.45) is 16.7 Å². The first-order valence-corrected chi connectivity index (χ1v) is 8.93. The summed E-state index contributed by atoms with van der Waals surface area (Å²) in [6, 6.07) is 4.25. The lowest BCUT2D eigenvalue weighted by molar-refractivity contribution is 0.0882. The predicted octanol–water partition coefficient (Wildman–Crippen LogP) is 5.39. The molecule has 1 aliphatic rings. The summed E-state index contributed by atoms with van der Waals surface area (Å²) in [4.78, 5) is 1.44. The van der Waals surface area contributed by atoms with Crippen molar-refractivity contribution in [1.29, 1.82) is 0 Å². The average molecular weight is 314 g/mol. The van der Waals surface area contributed by atoms with Gasteiger partial charge in [0.2, 0.25) is 0 Å². The smallest absolute Gasteiger partial charge is 0.0931 e. The Morgan fingerprint density at radius 1 is 1.30 bits per heavy atom. The second-order valence-corrected chi connectivity index (χ2v) is 9.35. The van der Waals surface area contributed by atoms with Gasteiger partial charge in [0.25, 0.3) is 0 Å². The lowest BCUT2D eigenvalue weighted by atomic mass is 9.63. The lowest BCUT2D eigenvalue weighted by Crippen LogP contribution is -2.40. The Morgan fingerprint density at radius 2 is 1.95 bits per heavy atom. The first-order chi connectivity index (χ1) is 9.35.